The summed E-state index contributed by atoms with van der Waals surface area (Å²) in [6.07, 6.45) is 6.05. The summed E-state index contributed by atoms with van der Waals surface area (Å²) in [6, 6.07) is 13.6. The Bertz CT molecular complexity index is 985. The lowest BCUT2D eigenvalue weighted by atomic mass is 9.80. The largest absolute Gasteiger partial charge is 0.487 e. The van der Waals surface area contributed by atoms with Crippen molar-refractivity contribution in [1.29, 1.82) is 0 Å². The van der Waals surface area contributed by atoms with Gasteiger partial charge in [-0.15, -0.1) is 11.3 Å². The van der Waals surface area contributed by atoms with E-state index in [9.17, 15) is 4.79 Å². The highest BCUT2D eigenvalue weighted by Gasteiger charge is 2.44. The van der Waals surface area contributed by atoms with Gasteiger partial charge in [-0.2, -0.15) is 0 Å². The maximum Gasteiger partial charge on any atom is 0.261 e. The summed E-state index contributed by atoms with van der Waals surface area (Å²) < 4.78 is 6.53. The lowest BCUT2D eigenvalue weighted by Gasteiger charge is -2.47. The number of nitrogens with one attached hydrogen (secondary N) is 1. The second kappa shape index (κ2) is 7.48. The zero-order valence-corrected chi connectivity index (χ0v) is 16.8. The minimum absolute atomic E-state index is 0.0213. The van der Waals surface area contributed by atoms with Gasteiger partial charge in [0.25, 0.3) is 5.91 Å². The van der Waals surface area contributed by atoms with E-state index >= 15 is 0 Å². The van der Waals surface area contributed by atoms with Crippen LogP contribution in [0.5, 0.6) is 5.75 Å². The number of aromatic nitrogens is 2. The Morgan fingerprint density at radius 1 is 1.10 bits per heavy atom. The Balaban J connectivity index is 1.36. The van der Waals surface area contributed by atoms with Crippen molar-refractivity contribution >= 4 is 23.2 Å². The van der Waals surface area contributed by atoms with Crippen LogP contribution < -0.4 is 15.0 Å². The van der Waals surface area contributed by atoms with Gasteiger partial charge in [-0.05, 0) is 23.6 Å². The van der Waals surface area contributed by atoms with Crippen LogP contribution in [0, 0.1) is 0 Å². The predicted molar refractivity (Wildman–Crippen MR) is 112 cm³/mol. The van der Waals surface area contributed by atoms with Crippen LogP contribution in [0.15, 0.2) is 60.2 Å². The first-order valence-electron chi connectivity index (χ1n) is 9.87. The molecule has 1 spiro atoms. The van der Waals surface area contributed by atoms with E-state index < -0.39 is 0 Å². The molecule has 2 aliphatic heterocycles. The van der Waals surface area contributed by atoms with Crippen LogP contribution >= 0.6 is 11.3 Å². The van der Waals surface area contributed by atoms with Crippen molar-refractivity contribution in [2.45, 2.75) is 30.9 Å². The van der Waals surface area contributed by atoms with Gasteiger partial charge >= 0.3 is 0 Å². The molecule has 5 rings (SSSR count). The van der Waals surface area contributed by atoms with E-state index in [4.69, 9.17) is 4.74 Å². The van der Waals surface area contributed by atoms with Crippen LogP contribution in [0.1, 0.15) is 40.5 Å². The lowest BCUT2D eigenvalue weighted by Crippen LogP contribution is -2.52. The maximum absolute atomic E-state index is 12.7. The summed E-state index contributed by atoms with van der Waals surface area (Å²) in [6.45, 7) is 1.66. The summed E-state index contributed by atoms with van der Waals surface area (Å²) in [4.78, 5) is 24.4. The summed E-state index contributed by atoms with van der Waals surface area (Å²) in [7, 11) is 0. The van der Waals surface area contributed by atoms with Gasteiger partial charge in [0, 0.05) is 50.3 Å². The third-order valence-corrected chi connectivity index (χ3v) is 6.63. The van der Waals surface area contributed by atoms with E-state index in [0.717, 1.165) is 54.5 Å². The minimum Gasteiger partial charge on any atom is -0.487 e. The molecule has 0 radical (unpaired) electrons. The number of fused-ring (bicyclic) bond motifs is 1. The zero-order valence-electron chi connectivity index (χ0n) is 16.0. The quantitative estimate of drug-likeness (QED) is 0.716. The number of benzene rings is 1. The summed E-state index contributed by atoms with van der Waals surface area (Å²) in [5.74, 6) is 1.62. The van der Waals surface area contributed by atoms with Crippen LogP contribution in [0.25, 0.3) is 0 Å². The monoisotopic (exact) mass is 406 g/mol. The second-order valence-electron chi connectivity index (χ2n) is 7.57. The number of carbonyl (C=O) groups excluding carboxylic acids is 1. The van der Waals surface area contributed by atoms with Crippen molar-refractivity contribution in [2.24, 2.45) is 0 Å². The molecule has 1 aromatic carbocycles. The Hall–Kier alpha value is -2.93. The van der Waals surface area contributed by atoms with Crippen molar-refractivity contribution < 1.29 is 9.53 Å². The Morgan fingerprint density at radius 2 is 1.90 bits per heavy atom. The number of rotatable bonds is 3. The topological polar surface area (TPSA) is 67.4 Å². The summed E-state index contributed by atoms with van der Waals surface area (Å²) in [5.41, 5.74) is 0.768. The fourth-order valence-corrected chi connectivity index (χ4v) is 4.89. The van der Waals surface area contributed by atoms with Gasteiger partial charge in [0.05, 0.1) is 10.9 Å². The molecule has 7 heteroatoms. The molecule has 1 fully saturated rings. The highest BCUT2D eigenvalue weighted by Crippen LogP contribution is 2.44. The molecule has 4 heterocycles. The Kier molecular flexibility index (Phi) is 4.67. The number of nitrogens with zero attached hydrogens (tertiary/aromatic N) is 3. The third-order valence-electron chi connectivity index (χ3n) is 5.76. The van der Waals surface area contributed by atoms with Crippen molar-refractivity contribution in [3.8, 4) is 5.75 Å². The van der Waals surface area contributed by atoms with Crippen LogP contribution in [0.3, 0.4) is 0 Å². The average molecular weight is 407 g/mol. The molecule has 29 heavy (non-hydrogen) atoms. The summed E-state index contributed by atoms with van der Waals surface area (Å²) >= 11 is 1.46. The first-order chi connectivity index (χ1) is 14.2. The van der Waals surface area contributed by atoms with Crippen molar-refractivity contribution in [1.82, 2.24) is 15.3 Å². The molecule has 2 aromatic heterocycles. The van der Waals surface area contributed by atoms with Crippen LogP contribution in [-0.4, -0.2) is 34.6 Å². The average Bonchev–Trinajstić information content (AvgIpc) is 3.30. The molecule has 0 aliphatic carbocycles. The van der Waals surface area contributed by atoms with Gasteiger partial charge in [-0.3, -0.25) is 4.79 Å². The molecule has 0 saturated carbocycles. The van der Waals surface area contributed by atoms with Crippen LogP contribution in [-0.2, 0) is 0 Å². The highest BCUT2D eigenvalue weighted by atomic mass is 32.1. The molecule has 6 nitrogen and oxygen atoms in total. The molecule has 0 unspecified atom stereocenters. The number of amides is 1. The lowest BCUT2D eigenvalue weighted by molar-refractivity contribution is 0.00848. The number of hydrogen-bond donors (Lipinski definition) is 1. The number of para-hydroxylation sites is 1. The molecule has 0 bridgehead atoms. The number of carbonyl (C=O) groups is 1. The Morgan fingerprint density at radius 3 is 2.66 bits per heavy atom. The molecule has 3 aromatic rings. The van der Waals surface area contributed by atoms with Gasteiger partial charge < -0.3 is 15.0 Å². The number of anilines is 1. The van der Waals surface area contributed by atoms with E-state index in [1.54, 1.807) is 12.4 Å². The zero-order chi connectivity index (χ0) is 19.7. The number of piperidine rings is 1. The third kappa shape index (κ3) is 3.58. The van der Waals surface area contributed by atoms with Gasteiger partial charge in [-0.1, -0.05) is 24.3 Å². The predicted octanol–water partition coefficient (Wildman–Crippen LogP) is 3.83. The van der Waals surface area contributed by atoms with E-state index in [-0.39, 0.29) is 17.6 Å². The van der Waals surface area contributed by atoms with E-state index in [1.807, 2.05) is 41.8 Å². The molecular weight excluding hydrogens is 384 g/mol. The van der Waals surface area contributed by atoms with E-state index in [0.29, 0.717) is 0 Å². The number of thiophene rings is 1. The minimum atomic E-state index is -0.285. The van der Waals surface area contributed by atoms with Crippen LogP contribution in [0.4, 0.5) is 5.95 Å². The standard InChI is InChI=1S/C22H22N4O2S/c27-20(19-7-3-14-29-19)25-17-15-22(28-18-6-2-1-5-16(17)18)8-12-26(13-9-22)21-23-10-4-11-24-21/h1-7,10-11,14,17H,8-9,12-13,15H2,(H,25,27)/t17-/m0/s1. The van der Waals surface area contributed by atoms with Crippen molar-refractivity contribution in [3.05, 3.63) is 70.7 Å². The number of hydrogen-bond acceptors (Lipinski definition) is 6. The fraction of sp³-hybridized carbons (Fsp3) is 0.318. The molecule has 1 N–H and O–H groups in total. The molecule has 1 atom stereocenters. The molecular formula is C22H22N4O2S. The molecule has 148 valence electrons. The SMILES string of the molecule is O=C(N[C@H]1CC2(CCN(c3ncccn3)CC2)Oc2ccccc21)c1cccs1. The number of ether oxygens (including phenoxy) is 1. The summed E-state index contributed by atoms with van der Waals surface area (Å²) in [5, 5.41) is 5.17. The van der Waals surface area contributed by atoms with E-state index in [2.05, 4.69) is 26.3 Å². The van der Waals surface area contributed by atoms with Gasteiger partial charge in [0.2, 0.25) is 5.95 Å². The molecule has 1 amide bonds. The van der Waals surface area contributed by atoms with E-state index in [1.165, 1.54) is 11.3 Å². The van der Waals surface area contributed by atoms with Gasteiger partial charge in [0.15, 0.2) is 0 Å². The fourth-order valence-electron chi connectivity index (χ4n) is 4.26. The smallest absolute Gasteiger partial charge is 0.261 e. The first kappa shape index (κ1) is 18.1. The van der Waals surface area contributed by atoms with Crippen molar-refractivity contribution in [2.75, 3.05) is 18.0 Å². The maximum atomic E-state index is 12.7. The first-order valence-corrected chi connectivity index (χ1v) is 10.7. The molecule has 1 saturated heterocycles. The van der Waals surface area contributed by atoms with Gasteiger partial charge in [0.1, 0.15) is 11.4 Å². The Labute approximate surface area is 173 Å². The molecule has 2 aliphatic rings. The van der Waals surface area contributed by atoms with Crippen LogP contribution in [0.2, 0.25) is 0 Å². The normalized spacial score (nSPS) is 20.0. The highest BCUT2D eigenvalue weighted by molar-refractivity contribution is 7.12. The van der Waals surface area contributed by atoms with Gasteiger partial charge in [-0.25, -0.2) is 9.97 Å². The van der Waals surface area contributed by atoms with Crippen molar-refractivity contribution in [3.63, 3.8) is 0 Å². The second-order valence-corrected chi connectivity index (χ2v) is 8.51.